The first-order valence-corrected chi connectivity index (χ1v) is 6.32. The van der Waals surface area contributed by atoms with Crippen LogP contribution in [-0.2, 0) is 13.0 Å². The monoisotopic (exact) mass is 215 g/mol. The Hall–Kier alpha value is -1.24. The highest BCUT2D eigenvalue weighted by molar-refractivity contribution is 5.63. The van der Waals surface area contributed by atoms with Crippen LogP contribution in [0, 0.1) is 0 Å². The van der Waals surface area contributed by atoms with Crippen molar-refractivity contribution in [2.45, 2.75) is 45.6 Å². The number of hydrogen-bond acceptors (Lipinski definition) is 0. The molecular formula is C15H21N. The molecule has 1 aliphatic carbocycles. The Morgan fingerprint density at radius 3 is 2.94 bits per heavy atom. The third kappa shape index (κ3) is 2.46. The number of fused-ring (bicyclic) bond motifs is 1. The summed E-state index contributed by atoms with van der Waals surface area (Å²) in [5.74, 6) is 0. The van der Waals surface area contributed by atoms with Crippen molar-refractivity contribution in [3.05, 3.63) is 41.7 Å². The topological polar surface area (TPSA) is 4.93 Å². The SMILES string of the molecule is C=CCC1=Cc2cn(CCCCC)cc2C1. The van der Waals surface area contributed by atoms with Crippen molar-refractivity contribution >= 4 is 6.08 Å². The molecule has 0 N–H and O–H groups in total. The Labute approximate surface area is 98.5 Å². The predicted octanol–water partition coefficient (Wildman–Crippen LogP) is 4.19. The summed E-state index contributed by atoms with van der Waals surface area (Å²) in [6.07, 6.45) is 15.0. The van der Waals surface area contributed by atoms with Gasteiger partial charge in [-0.2, -0.15) is 0 Å². The van der Waals surface area contributed by atoms with Gasteiger partial charge in [0.2, 0.25) is 0 Å². The van der Waals surface area contributed by atoms with E-state index in [1.54, 1.807) is 0 Å². The number of nitrogens with zero attached hydrogens (tertiary/aromatic N) is 1. The molecule has 0 aromatic carbocycles. The summed E-state index contributed by atoms with van der Waals surface area (Å²) in [6, 6.07) is 0. The van der Waals surface area contributed by atoms with E-state index in [0.717, 1.165) is 12.8 Å². The molecule has 1 nitrogen and oxygen atoms in total. The van der Waals surface area contributed by atoms with Gasteiger partial charge in [-0.25, -0.2) is 0 Å². The molecule has 1 heterocycles. The zero-order valence-electron chi connectivity index (χ0n) is 10.2. The third-order valence-electron chi connectivity index (χ3n) is 3.20. The maximum atomic E-state index is 3.79. The van der Waals surface area contributed by atoms with Crippen molar-refractivity contribution in [1.82, 2.24) is 4.57 Å². The minimum atomic E-state index is 1.03. The van der Waals surface area contributed by atoms with E-state index in [1.165, 1.54) is 42.5 Å². The van der Waals surface area contributed by atoms with Crippen LogP contribution in [0.1, 0.15) is 43.7 Å². The molecule has 0 spiro atoms. The lowest BCUT2D eigenvalue weighted by atomic mass is 10.1. The molecule has 0 unspecified atom stereocenters. The van der Waals surface area contributed by atoms with Gasteiger partial charge in [-0.05, 0) is 30.4 Å². The minimum absolute atomic E-state index is 1.03. The highest BCUT2D eigenvalue weighted by Gasteiger charge is 2.13. The zero-order valence-corrected chi connectivity index (χ0v) is 10.2. The van der Waals surface area contributed by atoms with Crippen molar-refractivity contribution in [3.8, 4) is 0 Å². The van der Waals surface area contributed by atoms with E-state index < -0.39 is 0 Å². The van der Waals surface area contributed by atoms with E-state index in [9.17, 15) is 0 Å². The number of allylic oxidation sites excluding steroid dienone is 2. The van der Waals surface area contributed by atoms with Crippen molar-refractivity contribution in [1.29, 1.82) is 0 Å². The van der Waals surface area contributed by atoms with Gasteiger partial charge in [0.1, 0.15) is 0 Å². The highest BCUT2D eigenvalue weighted by Crippen LogP contribution is 2.27. The van der Waals surface area contributed by atoms with Crippen LogP contribution in [-0.4, -0.2) is 4.57 Å². The number of rotatable bonds is 6. The van der Waals surface area contributed by atoms with Gasteiger partial charge in [0, 0.05) is 18.9 Å². The first-order chi connectivity index (χ1) is 7.83. The molecule has 0 amide bonds. The Kier molecular flexibility index (Phi) is 3.66. The van der Waals surface area contributed by atoms with E-state index in [1.807, 2.05) is 6.08 Å². The van der Waals surface area contributed by atoms with Crippen LogP contribution in [0.5, 0.6) is 0 Å². The van der Waals surface area contributed by atoms with Crippen molar-refractivity contribution in [3.63, 3.8) is 0 Å². The van der Waals surface area contributed by atoms with Crippen molar-refractivity contribution < 1.29 is 0 Å². The average molecular weight is 215 g/mol. The number of hydrogen-bond donors (Lipinski definition) is 0. The second kappa shape index (κ2) is 5.20. The molecule has 0 atom stereocenters. The lowest BCUT2D eigenvalue weighted by Crippen LogP contribution is -1.94. The van der Waals surface area contributed by atoms with Crippen molar-refractivity contribution in [2.75, 3.05) is 0 Å². The summed E-state index contributed by atoms with van der Waals surface area (Å²) in [5.41, 5.74) is 4.42. The van der Waals surface area contributed by atoms with Crippen LogP contribution in [0.3, 0.4) is 0 Å². The fraction of sp³-hybridized carbons (Fsp3) is 0.467. The van der Waals surface area contributed by atoms with Crippen LogP contribution in [0.15, 0.2) is 30.6 Å². The molecule has 1 aromatic heterocycles. The van der Waals surface area contributed by atoms with E-state index in [-0.39, 0.29) is 0 Å². The maximum absolute atomic E-state index is 3.79. The lowest BCUT2D eigenvalue weighted by molar-refractivity contribution is 0.603. The minimum Gasteiger partial charge on any atom is -0.353 e. The fourth-order valence-electron chi connectivity index (χ4n) is 2.36. The molecule has 0 radical (unpaired) electrons. The molecule has 0 bridgehead atoms. The molecule has 16 heavy (non-hydrogen) atoms. The van der Waals surface area contributed by atoms with Crippen LogP contribution in [0.4, 0.5) is 0 Å². The molecule has 0 saturated heterocycles. The number of unbranched alkanes of at least 4 members (excludes halogenated alkanes) is 2. The normalized spacial score (nSPS) is 13.7. The number of aromatic nitrogens is 1. The van der Waals surface area contributed by atoms with E-state index >= 15 is 0 Å². The van der Waals surface area contributed by atoms with E-state index in [0.29, 0.717) is 0 Å². The third-order valence-corrected chi connectivity index (χ3v) is 3.20. The summed E-state index contributed by atoms with van der Waals surface area (Å²) >= 11 is 0. The van der Waals surface area contributed by atoms with Crippen LogP contribution >= 0.6 is 0 Å². The first kappa shape index (κ1) is 11.3. The summed E-state index contributed by atoms with van der Waals surface area (Å²) in [6.45, 7) is 7.21. The molecular weight excluding hydrogens is 194 g/mol. The first-order valence-electron chi connectivity index (χ1n) is 6.32. The van der Waals surface area contributed by atoms with Crippen LogP contribution < -0.4 is 0 Å². The molecule has 1 heteroatoms. The standard InChI is InChI=1S/C15H21N/c1-3-5-6-8-16-11-14-9-13(7-4-2)10-15(14)12-16/h4,9,11-12H,2-3,5-8,10H2,1H3. The van der Waals surface area contributed by atoms with Gasteiger partial charge in [-0.15, -0.1) is 6.58 Å². The van der Waals surface area contributed by atoms with E-state index in [2.05, 4.69) is 36.5 Å². The molecule has 2 rings (SSSR count). The molecule has 1 aromatic rings. The fourth-order valence-corrected chi connectivity index (χ4v) is 2.36. The Morgan fingerprint density at radius 2 is 2.25 bits per heavy atom. The van der Waals surface area contributed by atoms with Crippen LogP contribution in [0.2, 0.25) is 0 Å². The largest absolute Gasteiger partial charge is 0.353 e. The molecule has 1 aliphatic rings. The number of aryl methyl sites for hydroxylation is 1. The predicted molar refractivity (Wildman–Crippen MR) is 70.5 cm³/mol. The lowest BCUT2D eigenvalue weighted by Gasteiger charge is -2.02. The van der Waals surface area contributed by atoms with Gasteiger partial charge in [0.25, 0.3) is 0 Å². The Balaban J connectivity index is 1.96. The highest BCUT2D eigenvalue weighted by atomic mass is 14.9. The van der Waals surface area contributed by atoms with Crippen molar-refractivity contribution in [2.24, 2.45) is 0 Å². The van der Waals surface area contributed by atoms with Gasteiger partial charge >= 0.3 is 0 Å². The summed E-state index contributed by atoms with van der Waals surface area (Å²) in [7, 11) is 0. The molecule has 0 fully saturated rings. The van der Waals surface area contributed by atoms with Crippen LogP contribution in [0.25, 0.3) is 6.08 Å². The van der Waals surface area contributed by atoms with Gasteiger partial charge in [0.15, 0.2) is 0 Å². The molecule has 86 valence electrons. The second-order valence-corrected chi connectivity index (χ2v) is 4.66. The van der Waals surface area contributed by atoms with Gasteiger partial charge in [-0.1, -0.05) is 37.5 Å². The Bertz CT molecular complexity index is 396. The molecule has 0 aliphatic heterocycles. The van der Waals surface area contributed by atoms with Gasteiger partial charge in [0.05, 0.1) is 0 Å². The quantitative estimate of drug-likeness (QED) is 0.495. The van der Waals surface area contributed by atoms with Gasteiger partial charge < -0.3 is 4.57 Å². The van der Waals surface area contributed by atoms with Gasteiger partial charge in [-0.3, -0.25) is 0 Å². The Morgan fingerprint density at radius 1 is 1.38 bits per heavy atom. The smallest absolute Gasteiger partial charge is 0.0219 e. The van der Waals surface area contributed by atoms with E-state index in [4.69, 9.17) is 0 Å². The maximum Gasteiger partial charge on any atom is 0.0219 e. The summed E-state index contributed by atoms with van der Waals surface area (Å²) < 4.78 is 2.35. The average Bonchev–Trinajstić information content (AvgIpc) is 2.76. The molecule has 0 saturated carbocycles. The summed E-state index contributed by atoms with van der Waals surface area (Å²) in [5, 5.41) is 0. The zero-order chi connectivity index (χ0) is 11.4. The second-order valence-electron chi connectivity index (χ2n) is 4.66. The summed E-state index contributed by atoms with van der Waals surface area (Å²) in [4.78, 5) is 0.